The van der Waals surface area contributed by atoms with Crippen molar-refractivity contribution in [2.24, 2.45) is 0 Å². The summed E-state index contributed by atoms with van der Waals surface area (Å²) in [4.78, 5) is 2.45. The molecule has 3 rings (SSSR count). The summed E-state index contributed by atoms with van der Waals surface area (Å²) < 4.78 is 29.1. The maximum Gasteiger partial charge on any atom is 0.129 e. The Labute approximate surface area is 143 Å². The fraction of sp³-hybridized carbons (Fsp3) is 0.294. The van der Waals surface area contributed by atoms with Gasteiger partial charge in [0.25, 0.3) is 0 Å². The van der Waals surface area contributed by atoms with Crippen LogP contribution in [-0.2, 0) is 0 Å². The van der Waals surface area contributed by atoms with Crippen molar-refractivity contribution >= 4 is 16.5 Å². The molecule has 4 N–H and O–H groups in total. The number of rotatable bonds is 4. The highest BCUT2D eigenvalue weighted by Gasteiger charge is 2.28. The van der Waals surface area contributed by atoms with E-state index in [2.05, 4.69) is 4.72 Å². The highest BCUT2D eigenvalue weighted by atomic mass is 32.3. The Morgan fingerprint density at radius 3 is 2.67 bits per heavy atom. The molecule has 1 aliphatic rings. The van der Waals surface area contributed by atoms with Crippen molar-refractivity contribution in [3.8, 4) is 11.5 Å². The number of nitrogens with one attached hydrogen (secondary N) is 1. The quantitative estimate of drug-likeness (QED) is 0.668. The highest BCUT2D eigenvalue weighted by molar-refractivity contribution is 8.22. The molecule has 0 saturated carbocycles. The van der Waals surface area contributed by atoms with E-state index in [0.717, 1.165) is 17.8 Å². The normalized spacial score (nSPS) is 18.6. The molecule has 0 spiro atoms. The molecule has 1 heterocycles. The summed E-state index contributed by atoms with van der Waals surface area (Å²) >= 11 is 0. The second kappa shape index (κ2) is 6.62. The van der Waals surface area contributed by atoms with Gasteiger partial charge in [-0.2, -0.15) is 4.72 Å². The molecule has 2 aromatic rings. The van der Waals surface area contributed by atoms with Crippen molar-refractivity contribution in [3.05, 3.63) is 48.0 Å². The fourth-order valence-corrected chi connectivity index (χ4v) is 3.89. The Kier molecular flexibility index (Phi) is 4.71. The van der Waals surface area contributed by atoms with Crippen LogP contribution < -0.4 is 14.4 Å². The second-order valence-corrected chi connectivity index (χ2v) is 7.51. The first kappa shape index (κ1) is 17.1. The van der Waals surface area contributed by atoms with Crippen LogP contribution in [0.3, 0.4) is 0 Å². The zero-order chi connectivity index (χ0) is 17.3. The minimum absolute atomic E-state index is 0.391. The molecule has 0 fully saturated rings. The monoisotopic (exact) mass is 350 g/mol. The fourth-order valence-electron chi connectivity index (χ4n) is 2.63. The first-order valence-electron chi connectivity index (χ1n) is 7.78. The van der Waals surface area contributed by atoms with Crippen molar-refractivity contribution in [2.75, 3.05) is 18.1 Å². The Hall–Kier alpha value is -1.77. The molecule has 130 valence electrons. The third kappa shape index (κ3) is 3.35. The van der Waals surface area contributed by atoms with Crippen LogP contribution in [-0.4, -0.2) is 27.4 Å². The molecule has 0 saturated heterocycles. The van der Waals surface area contributed by atoms with Crippen LogP contribution in [0.4, 0.5) is 5.69 Å². The van der Waals surface area contributed by atoms with Gasteiger partial charge in [0.2, 0.25) is 0 Å². The van der Waals surface area contributed by atoms with E-state index in [4.69, 9.17) is 4.74 Å². The van der Waals surface area contributed by atoms with E-state index in [0.29, 0.717) is 23.1 Å². The van der Waals surface area contributed by atoms with Crippen molar-refractivity contribution in [2.45, 2.75) is 24.8 Å². The zero-order valence-corrected chi connectivity index (χ0v) is 14.5. The van der Waals surface area contributed by atoms with Crippen LogP contribution in [0.2, 0.25) is 0 Å². The van der Waals surface area contributed by atoms with Gasteiger partial charge in [0.15, 0.2) is 0 Å². The number of aliphatic hydroxyl groups excluding tert-OH is 1. The number of nitrogens with zero attached hydrogens (tertiary/aromatic N) is 1. The Morgan fingerprint density at radius 1 is 1.21 bits per heavy atom. The Morgan fingerprint density at radius 2 is 1.96 bits per heavy atom. The van der Waals surface area contributed by atoms with E-state index in [1.807, 2.05) is 30.0 Å². The summed E-state index contributed by atoms with van der Waals surface area (Å²) in [6.45, 7) is 4.85. The van der Waals surface area contributed by atoms with E-state index in [1.165, 1.54) is 0 Å². The number of benzene rings is 2. The maximum atomic E-state index is 10.3. The third-order valence-corrected chi connectivity index (χ3v) is 5.47. The van der Waals surface area contributed by atoms with Gasteiger partial charge in [-0.1, -0.05) is 12.1 Å². The van der Waals surface area contributed by atoms with Crippen molar-refractivity contribution in [3.63, 3.8) is 0 Å². The minimum Gasteiger partial charge on any atom is -0.457 e. The van der Waals surface area contributed by atoms with Crippen LogP contribution in [0.1, 0.15) is 25.5 Å². The number of fused-ring (bicyclic) bond motifs is 1. The van der Waals surface area contributed by atoms with E-state index in [-0.39, 0.29) is 0 Å². The number of aliphatic hydroxyl groups is 1. The molecular formula is C17H22N2O4S. The largest absolute Gasteiger partial charge is 0.457 e. The summed E-state index contributed by atoms with van der Waals surface area (Å²) in [5.74, 6) is 1.09. The lowest BCUT2D eigenvalue weighted by molar-refractivity contribution is 0.199. The van der Waals surface area contributed by atoms with Crippen LogP contribution in [0.25, 0.3) is 0 Å². The molecule has 0 aromatic heterocycles. The molecule has 0 radical (unpaired) electrons. The number of hydrogen-bond acceptors (Lipinski definition) is 6. The van der Waals surface area contributed by atoms with Gasteiger partial charge in [0.1, 0.15) is 16.4 Å². The van der Waals surface area contributed by atoms with Gasteiger partial charge in [0, 0.05) is 12.6 Å². The molecule has 2 aromatic carbocycles. The molecule has 1 atom stereocenters. The zero-order valence-electron chi connectivity index (χ0n) is 13.6. The molecular weight excluding hydrogens is 328 g/mol. The summed E-state index contributed by atoms with van der Waals surface area (Å²) in [7, 11) is -3.03. The predicted molar refractivity (Wildman–Crippen MR) is 95.7 cm³/mol. The molecule has 1 aliphatic heterocycles. The molecule has 0 aliphatic carbocycles. The van der Waals surface area contributed by atoms with Gasteiger partial charge in [-0.05, 0) is 43.7 Å². The van der Waals surface area contributed by atoms with Gasteiger partial charge in [-0.3, -0.25) is 9.11 Å². The van der Waals surface area contributed by atoms with Crippen LogP contribution in [0.5, 0.6) is 11.5 Å². The van der Waals surface area contributed by atoms with Gasteiger partial charge >= 0.3 is 0 Å². The third-order valence-electron chi connectivity index (χ3n) is 3.99. The molecule has 0 amide bonds. The molecule has 7 heteroatoms. The average Bonchev–Trinajstić information content (AvgIpc) is 2.56. The van der Waals surface area contributed by atoms with E-state index >= 15 is 0 Å². The SMILES string of the molecule is CCN1CNS(O)(O)c2cc(Oc3cccc(C(C)O)c3)ccc21. The van der Waals surface area contributed by atoms with E-state index < -0.39 is 16.9 Å². The lowest BCUT2D eigenvalue weighted by atomic mass is 10.1. The van der Waals surface area contributed by atoms with Crippen molar-refractivity contribution < 1.29 is 18.9 Å². The highest BCUT2D eigenvalue weighted by Crippen LogP contribution is 2.52. The maximum absolute atomic E-state index is 10.3. The summed E-state index contributed by atoms with van der Waals surface area (Å²) in [5.41, 5.74) is 1.55. The molecule has 0 bridgehead atoms. The van der Waals surface area contributed by atoms with Gasteiger partial charge in [-0.25, -0.2) is 0 Å². The van der Waals surface area contributed by atoms with E-state index in [1.54, 1.807) is 31.2 Å². The smallest absolute Gasteiger partial charge is 0.129 e. The molecule has 6 nitrogen and oxygen atoms in total. The second-order valence-electron chi connectivity index (χ2n) is 5.69. The topological polar surface area (TPSA) is 85.2 Å². The Balaban J connectivity index is 1.92. The summed E-state index contributed by atoms with van der Waals surface area (Å²) in [5, 5.41) is 9.67. The Bertz CT molecular complexity index is 736. The standard InChI is InChI=1S/C17H22N2O4S/c1-3-19-11-18-24(21,22)17-10-15(7-8-16(17)19)23-14-6-4-5-13(9-14)12(2)20/h4-10,12,18,20-22H,3,11H2,1-2H3. The van der Waals surface area contributed by atoms with Crippen LogP contribution >= 0.6 is 10.8 Å². The minimum atomic E-state index is -3.03. The average molecular weight is 350 g/mol. The number of ether oxygens (including phenoxy) is 1. The molecule has 1 unspecified atom stereocenters. The van der Waals surface area contributed by atoms with Crippen molar-refractivity contribution in [1.29, 1.82) is 0 Å². The van der Waals surface area contributed by atoms with Gasteiger partial charge in [-0.15, -0.1) is 10.8 Å². The lowest BCUT2D eigenvalue weighted by Gasteiger charge is -2.43. The number of anilines is 1. The predicted octanol–water partition coefficient (Wildman–Crippen LogP) is 3.94. The van der Waals surface area contributed by atoms with Crippen LogP contribution in [0, 0.1) is 0 Å². The molecule has 24 heavy (non-hydrogen) atoms. The van der Waals surface area contributed by atoms with E-state index in [9.17, 15) is 14.2 Å². The van der Waals surface area contributed by atoms with Crippen LogP contribution in [0.15, 0.2) is 47.4 Å². The summed E-state index contributed by atoms with van der Waals surface area (Å²) in [6.07, 6.45) is -0.577. The summed E-state index contributed by atoms with van der Waals surface area (Å²) in [6, 6.07) is 12.5. The first-order chi connectivity index (χ1) is 11.4. The van der Waals surface area contributed by atoms with Gasteiger partial charge < -0.3 is 14.7 Å². The number of hydrogen-bond donors (Lipinski definition) is 4. The first-order valence-corrected chi connectivity index (χ1v) is 9.33. The lowest BCUT2D eigenvalue weighted by Crippen LogP contribution is -2.40. The van der Waals surface area contributed by atoms with Gasteiger partial charge in [0.05, 0.1) is 18.5 Å². The van der Waals surface area contributed by atoms with Crippen molar-refractivity contribution in [1.82, 2.24) is 4.72 Å².